The van der Waals surface area contributed by atoms with Gasteiger partial charge in [0.15, 0.2) is 0 Å². The largest absolute Gasteiger partial charge is 0.462 e. The third-order valence-electron chi connectivity index (χ3n) is 4.52. The number of hydrogen-bond donors (Lipinski definition) is 1. The van der Waals surface area contributed by atoms with Gasteiger partial charge in [0.05, 0.1) is 29.4 Å². The van der Waals surface area contributed by atoms with Gasteiger partial charge in [0.2, 0.25) is 5.91 Å². The summed E-state index contributed by atoms with van der Waals surface area (Å²) in [4.78, 5) is 32.9. The molecule has 0 radical (unpaired) electrons. The first kappa shape index (κ1) is 21.4. The second-order valence-corrected chi connectivity index (χ2v) is 7.36. The van der Waals surface area contributed by atoms with E-state index in [0.717, 1.165) is 0 Å². The maximum absolute atomic E-state index is 12.5. The first-order valence-electron chi connectivity index (χ1n) is 9.16. The number of ether oxygens (including phenoxy) is 1. The monoisotopic (exact) mass is 440 g/mol. The predicted molar refractivity (Wildman–Crippen MR) is 111 cm³/mol. The molecule has 156 valence electrons. The number of pyridine rings is 1. The number of halogens is 2. The highest BCUT2D eigenvalue weighted by Crippen LogP contribution is 2.26. The van der Waals surface area contributed by atoms with Crippen LogP contribution in [0, 0.1) is 0 Å². The van der Waals surface area contributed by atoms with Crippen LogP contribution in [0.5, 0.6) is 0 Å². The van der Waals surface area contributed by atoms with Crippen LogP contribution >= 0.6 is 23.2 Å². The fourth-order valence-electron chi connectivity index (χ4n) is 3.08. The highest BCUT2D eigenvalue weighted by molar-refractivity contribution is 6.36. The van der Waals surface area contributed by atoms with Crippen molar-refractivity contribution in [2.45, 2.75) is 6.92 Å². The van der Waals surface area contributed by atoms with Gasteiger partial charge in [-0.3, -0.25) is 14.4 Å². The number of aryl methyl sites for hydroxylation is 1. The minimum absolute atomic E-state index is 0.197. The summed E-state index contributed by atoms with van der Waals surface area (Å²) in [5, 5.41) is 7.79. The number of carbonyl (C=O) groups excluding carboxylic acids is 2. The number of nitrogens with one attached hydrogen (secondary N) is 1. The molecule has 1 N–H and O–H groups in total. The van der Waals surface area contributed by atoms with Crippen molar-refractivity contribution in [1.82, 2.24) is 19.7 Å². The Kier molecular flexibility index (Phi) is 6.94. The Hall–Kier alpha value is -2.36. The molecule has 0 aliphatic carbocycles. The number of aromatic nitrogens is 3. The van der Waals surface area contributed by atoms with Gasteiger partial charge in [-0.25, -0.2) is 9.78 Å². The Labute approximate surface area is 178 Å². The standard InChI is InChI=1S/C18H22Cl2N6O3/c1-3-29-18(28)13-10-22-24(2)16(13)23-15(27)11-25-4-6-26(7-5-25)17-14(20)8-12(19)9-21-17/h8-10H,3-7,11H2,1-2H3,(H,23,27). The Bertz CT molecular complexity index is 896. The van der Waals surface area contributed by atoms with E-state index in [-0.39, 0.29) is 24.6 Å². The van der Waals surface area contributed by atoms with E-state index in [4.69, 9.17) is 27.9 Å². The minimum Gasteiger partial charge on any atom is -0.462 e. The zero-order chi connectivity index (χ0) is 21.0. The average Bonchev–Trinajstić information content (AvgIpc) is 3.03. The Morgan fingerprint density at radius 3 is 2.59 bits per heavy atom. The van der Waals surface area contributed by atoms with E-state index < -0.39 is 5.97 Å². The fraction of sp³-hybridized carbons (Fsp3) is 0.444. The Balaban J connectivity index is 1.55. The van der Waals surface area contributed by atoms with Crippen LogP contribution in [0.1, 0.15) is 17.3 Å². The fourth-order valence-corrected chi connectivity index (χ4v) is 3.58. The van der Waals surface area contributed by atoms with E-state index in [1.807, 2.05) is 4.90 Å². The number of piperazine rings is 1. The molecule has 11 heteroatoms. The number of nitrogens with zero attached hydrogens (tertiary/aromatic N) is 5. The number of rotatable bonds is 6. The topological polar surface area (TPSA) is 92.6 Å². The van der Waals surface area contributed by atoms with Gasteiger partial charge in [-0.05, 0) is 13.0 Å². The summed E-state index contributed by atoms with van der Waals surface area (Å²) in [5.74, 6) is 0.269. The van der Waals surface area contributed by atoms with E-state index in [9.17, 15) is 9.59 Å². The third kappa shape index (κ3) is 5.17. The number of carbonyl (C=O) groups is 2. The number of hydrogen-bond acceptors (Lipinski definition) is 7. The molecule has 0 saturated carbocycles. The number of anilines is 2. The van der Waals surface area contributed by atoms with E-state index >= 15 is 0 Å². The number of amides is 1. The molecule has 1 saturated heterocycles. The summed E-state index contributed by atoms with van der Waals surface area (Å²) in [7, 11) is 1.65. The van der Waals surface area contributed by atoms with Gasteiger partial charge in [-0.2, -0.15) is 5.10 Å². The quantitative estimate of drug-likeness (QED) is 0.686. The van der Waals surface area contributed by atoms with E-state index in [0.29, 0.717) is 47.9 Å². The summed E-state index contributed by atoms with van der Waals surface area (Å²) in [6.45, 7) is 4.87. The molecule has 0 atom stereocenters. The summed E-state index contributed by atoms with van der Waals surface area (Å²) in [6.07, 6.45) is 2.95. The van der Waals surface area contributed by atoms with Gasteiger partial charge in [0.25, 0.3) is 0 Å². The maximum atomic E-state index is 12.5. The summed E-state index contributed by atoms with van der Waals surface area (Å²) in [6, 6.07) is 1.67. The molecule has 1 fully saturated rings. The Morgan fingerprint density at radius 1 is 1.21 bits per heavy atom. The lowest BCUT2D eigenvalue weighted by atomic mass is 10.3. The minimum atomic E-state index is -0.517. The van der Waals surface area contributed by atoms with Crippen molar-refractivity contribution in [3.05, 3.63) is 34.1 Å². The van der Waals surface area contributed by atoms with Gasteiger partial charge in [0, 0.05) is 39.4 Å². The molecule has 0 aromatic carbocycles. The molecule has 2 aromatic heterocycles. The number of esters is 1. The highest BCUT2D eigenvalue weighted by Gasteiger charge is 2.23. The van der Waals surface area contributed by atoms with Crippen molar-refractivity contribution >= 4 is 46.7 Å². The molecule has 1 aliphatic rings. The second-order valence-electron chi connectivity index (χ2n) is 6.52. The van der Waals surface area contributed by atoms with Gasteiger partial charge in [0.1, 0.15) is 17.2 Å². The van der Waals surface area contributed by atoms with Gasteiger partial charge >= 0.3 is 5.97 Å². The van der Waals surface area contributed by atoms with Crippen LogP contribution in [0.3, 0.4) is 0 Å². The van der Waals surface area contributed by atoms with Crippen molar-refractivity contribution < 1.29 is 14.3 Å². The molecule has 3 rings (SSSR count). The van der Waals surface area contributed by atoms with Gasteiger partial charge < -0.3 is 15.0 Å². The average molecular weight is 441 g/mol. The van der Waals surface area contributed by atoms with Crippen LogP contribution in [0.25, 0.3) is 0 Å². The SMILES string of the molecule is CCOC(=O)c1cnn(C)c1NC(=O)CN1CCN(c2ncc(Cl)cc2Cl)CC1. The molecule has 0 unspecified atom stereocenters. The van der Waals surface area contributed by atoms with Crippen molar-refractivity contribution in [2.24, 2.45) is 7.05 Å². The summed E-state index contributed by atoms with van der Waals surface area (Å²) >= 11 is 12.1. The molecule has 1 aliphatic heterocycles. The summed E-state index contributed by atoms with van der Waals surface area (Å²) < 4.78 is 6.44. The van der Waals surface area contributed by atoms with E-state index in [1.165, 1.54) is 10.9 Å². The first-order chi connectivity index (χ1) is 13.9. The maximum Gasteiger partial charge on any atom is 0.343 e. The van der Waals surface area contributed by atoms with Crippen LogP contribution in [-0.2, 0) is 16.6 Å². The van der Waals surface area contributed by atoms with Crippen LogP contribution in [0.2, 0.25) is 10.0 Å². The van der Waals surface area contributed by atoms with Crippen LogP contribution in [-0.4, -0.2) is 70.9 Å². The normalized spacial score (nSPS) is 14.7. The van der Waals surface area contributed by atoms with Gasteiger partial charge in [-0.15, -0.1) is 0 Å². The van der Waals surface area contributed by atoms with Crippen molar-refractivity contribution in [3.63, 3.8) is 0 Å². The van der Waals surface area contributed by atoms with Crippen molar-refractivity contribution in [1.29, 1.82) is 0 Å². The molecule has 0 bridgehead atoms. The van der Waals surface area contributed by atoms with E-state index in [1.54, 1.807) is 26.2 Å². The zero-order valence-corrected chi connectivity index (χ0v) is 17.7. The molecule has 3 heterocycles. The Morgan fingerprint density at radius 2 is 1.93 bits per heavy atom. The third-order valence-corrected chi connectivity index (χ3v) is 5.00. The molecule has 2 aromatic rings. The lowest BCUT2D eigenvalue weighted by Gasteiger charge is -2.35. The molecule has 0 spiro atoms. The van der Waals surface area contributed by atoms with Gasteiger partial charge in [-0.1, -0.05) is 23.2 Å². The smallest absolute Gasteiger partial charge is 0.343 e. The lowest BCUT2D eigenvalue weighted by molar-refractivity contribution is -0.117. The molecular weight excluding hydrogens is 419 g/mol. The van der Waals surface area contributed by atoms with Crippen molar-refractivity contribution in [3.8, 4) is 0 Å². The van der Waals surface area contributed by atoms with Crippen LogP contribution in [0.4, 0.5) is 11.6 Å². The van der Waals surface area contributed by atoms with E-state index in [2.05, 4.69) is 20.3 Å². The molecular formula is C18H22Cl2N6O3. The van der Waals surface area contributed by atoms with Crippen LogP contribution in [0.15, 0.2) is 18.5 Å². The summed E-state index contributed by atoms with van der Waals surface area (Å²) in [5.41, 5.74) is 0.232. The zero-order valence-electron chi connectivity index (χ0n) is 16.2. The predicted octanol–water partition coefficient (Wildman–Crippen LogP) is 2.06. The highest BCUT2D eigenvalue weighted by atomic mass is 35.5. The molecule has 9 nitrogen and oxygen atoms in total. The molecule has 1 amide bonds. The lowest BCUT2D eigenvalue weighted by Crippen LogP contribution is -2.49. The van der Waals surface area contributed by atoms with Crippen molar-refractivity contribution in [2.75, 3.05) is 49.5 Å². The first-order valence-corrected chi connectivity index (χ1v) is 9.92. The van der Waals surface area contributed by atoms with Crippen LogP contribution < -0.4 is 10.2 Å². The molecule has 29 heavy (non-hydrogen) atoms. The second kappa shape index (κ2) is 9.43.